The highest BCUT2D eigenvalue weighted by molar-refractivity contribution is 7.51. The third-order valence-corrected chi connectivity index (χ3v) is 3.46. The molecule has 0 rings (SSSR count). The molecule has 0 aromatic heterocycles. The molecule has 0 aromatic rings. The molecule has 16 heavy (non-hydrogen) atoms. The SMILES string of the molecule is CCC(CC)C(=O)OC(C)(C)CP(=O)(O)O. The molecule has 0 aliphatic heterocycles. The Morgan fingerprint density at radius 1 is 1.31 bits per heavy atom. The van der Waals surface area contributed by atoms with E-state index in [1.165, 1.54) is 13.8 Å². The fourth-order valence-corrected chi connectivity index (χ4v) is 2.56. The number of esters is 1. The molecule has 0 spiro atoms. The van der Waals surface area contributed by atoms with E-state index in [0.717, 1.165) is 0 Å². The van der Waals surface area contributed by atoms with Gasteiger partial charge < -0.3 is 14.5 Å². The van der Waals surface area contributed by atoms with Crippen LogP contribution in [0.3, 0.4) is 0 Å². The zero-order valence-electron chi connectivity index (χ0n) is 10.3. The molecule has 2 N–H and O–H groups in total. The molecule has 0 unspecified atom stereocenters. The second-order valence-electron chi connectivity index (χ2n) is 4.52. The molecule has 6 heteroatoms. The largest absolute Gasteiger partial charge is 0.459 e. The highest BCUT2D eigenvalue weighted by atomic mass is 31.2. The molecule has 96 valence electrons. The Morgan fingerprint density at radius 3 is 2.06 bits per heavy atom. The summed E-state index contributed by atoms with van der Waals surface area (Å²) in [7, 11) is -4.17. The van der Waals surface area contributed by atoms with Gasteiger partial charge in [0.05, 0.1) is 12.1 Å². The molecule has 0 heterocycles. The summed E-state index contributed by atoms with van der Waals surface area (Å²) in [5.41, 5.74) is -1.13. The lowest BCUT2D eigenvalue weighted by molar-refractivity contribution is -0.160. The molecular weight excluding hydrogens is 231 g/mol. The first-order chi connectivity index (χ1) is 7.11. The van der Waals surface area contributed by atoms with Crippen molar-refractivity contribution < 1.29 is 23.9 Å². The van der Waals surface area contributed by atoms with Gasteiger partial charge in [0.15, 0.2) is 0 Å². The molecule has 0 atom stereocenters. The van der Waals surface area contributed by atoms with Crippen molar-refractivity contribution in [2.45, 2.75) is 46.1 Å². The number of hydrogen-bond acceptors (Lipinski definition) is 3. The first kappa shape index (κ1) is 15.6. The molecule has 0 aliphatic rings. The van der Waals surface area contributed by atoms with Crippen LogP contribution >= 0.6 is 7.60 Å². The molecule has 0 saturated carbocycles. The fourth-order valence-electron chi connectivity index (χ4n) is 1.51. The lowest BCUT2D eigenvalue weighted by Crippen LogP contribution is -2.34. The van der Waals surface area contributed by atoms with Crippen LogP contribution in [0.1, 0.15) is 40.5 Å². The normalized spacial score (nSPS) is 12.9. The van der Waals surface area contributed by atoms with Gasteiger partial charge in [-0.3, -0.25) is 9.36 Å². The maximum atomic E-state index is 11.6. The van der Waals surface area contributed by atoms with E-state index in [9.17, 15) is 9.36 Å². The number of ether oxygens (including phenoxy) is 1. The smallest absolute Gasteiger partial charge is 0.329 e. The van der Waals surface area contributed by atoms with Crippen molar-refractivity contribution in [3.05, 3.63) is 0 Å². The summed E-state index contributed by atoms with van der Waals surface area (Å²) < 4.78 is 16.0. The molecule has 5 nitrogen and oxygen atoms in total. The zero-order valence-corrected chi connectivity index (χ0v) is 11.2. The third kappa shape index (κ3) is 6.26. The van der Waals surface area contributed by atoms with Crippen molar-refractivity contribution >= 4 is 13.6 Å². The number of rotatable bonds is 6. The van der Waals surface area contributed by atoms with E-state index in [1.807, 2.05) is 13.8 Å². The molecular formula is C10H21O5P. The van der Waals surface area contributed by atoms with Crippen molar-refractivity contribution in [3.8, 4) is 0 Å². The van der Waals surface area contributed by atoms with E-state index in [2.05, 4.69) is 0 Å². The van der Waals surface area contributed by atoms with Crippen LogP contribution in [-0.4, -0.2) is 27.5 Å². The van der Waals surface area contributed by atoms with E-state index in [4.69, 9.17) is 14.5 Å². The molecule has 0 fully saturated rings. The summed E-state index contributed by atoms with van der Waals surface area (Å²) in [5, 5.41) is 0. The Bertz CT molecular complexity index is 277. The van der Waals surface area contributed by atoms with Gasteiger partial charge in [0.1, 0.15) is 5.60 Å². The van der Waals surface area contributed by atoms with E-state index in [-0.39, 0.29) is 11.9 Å². The van der Waals surface area contributed by atoms with Crippen LogP contribution in [0, 0.1) is 5.92 Å². The van der Waals surface area contributed by atoms with Crippen molar-refractivity contribution in [2.24, 2.45) is 5.92 Å². The van der Waals surface area contributed by atoms with Gasteiger partial charge in [-0.05, 0) is 26.7 Å². The second kappa shape index (κ2) is 5.80. The van der Waals surface area contributed by atoms with E-state index < -0.39 is 19.4 Å². The summed E-state index contributed by atoms with van der Waals surface area (Å²) in [4.78, 5) is 29.3. The molecule has 0 amide bonds. The minimum atomic E-state index is -4.17. The van der Waals surface area contributed by atoms with E-state index >= 15 is 0 Å². The second-order valence-corrected chi connectivity index (χ2v) is 6.16. The standard InChI is InChI=1S/C10H21O5P/c1-5-8(6-2)9(11)15-10(3,4)7-16(12,13)14/h8H,5-7H2,1-4H3,(H2,12,13,14). The maximum absolute atomic E-state index is 11.6. The zero-order chi connectivity index (χ0) is 13.0. The van der Waals surface area contributed by atoms with Crippen LogP contribution in [-0.2, 0) is 14.1 Å². The van der Waals surface area contributed by atoms with Gasteiger partial charge in [0.2, 0.25) is 0 Å². The minimum absolute atomic E-state index is 0.198. The summed E-state index contributed by atoms with van der Waals surface area (Å²) in [5.74, 6) is -0.584. The van der Waals surface area contributed by atoms with Crippen molar-refractivity contribution in [3.63, 3.8) is 0 Å². The van der Waals surface area contributed by atoms with Gasteiger partial charge in [0.25, 0.3) is 0 Å². The predicted molar refractivity (Wildman–Crippen MR) is 61.2 cm³/mol. The quantitative estimate of drug-likeness (QED) is 0.557. The van der Waals surface area contributed by atoms with Gasteiger partial charge >= 0.3 is 13.6 Å². The van der Waals surface area contributed by atoms with Gasteiger partial charge in [-0.2, -0.15) is 0 Å². The van der Waals surface area contributed by atoms with Gasteiger partial charge in [-0.15, -0.1) is 0 Å². The summed E-state index contributed by atoms with van der Waals surface area (Å²) in [6.45, 7) is 6.77. The highest BCUT2D eigenvalue weighted by Gasteiger charge is 2.33. The topological polar surface area (TPSA) is 83.8 Å². The Morgan fingerprint density at radius 2 is 1.75 bits per heavy atom. The number of carbonyl (C=O) groups excluding carboxylic acids is 1. The fraction of sp³-hybridized carbons (Fsp3) is 0.900. The van der Waals surface area contributed by atoms with Crippen LogP contribution in [0.15, 0.2) is 0 Å². The van der Waals surface area contributed by atoms with Crippen LogP contribution < -0.4 is 0 Å². The Labute approximate surface area is 96.4 Å². The molecule has 0 aliphatic carbocycles. The average Bonchev–Trinajstić information content (AvgIpc) is 1.99. The van der Waals surface area contributed by atoms with Crippen LogP contribution in [0.25, 0.3) is 0 Å². The molecule has 0 bridgehead atoms. The minimum Gasteiger partial charge on any atom is -0.459 e. The Kier molecular flexibility index (Phi) is 5.66. The van der Waals surface area contributed by atoms with Gasteiger partial charge in [-0.25, -0.2) is 0 Å². The molecule has 0 aromatic carbocycles. The highest BCUT2D eigenvalue weighted by Crippen LogP contribution is 2.39. The monoisotopic (exact) mass is 252 g/mol. The van der Waals surface area contributed by atoms with E-state index in [0.29, 0.717) is 12.8 Å². The summed E-state index contributed by atoms with van der Waals surface area (Å²) in [6, 6.07) is 0. The van der Waals surface area contributed by atoms with Crippen molar-refractivity contribution in [1.82, 2.24) is 0 Å². The number of hydrogen-bond donors (Lipinski definition) is 2. The Balaban J connectivity index is 4.47. The maximum Gasteiger partial charge on any atom is 0.329 e. The molecule has 0 saturated heterocycles. The average molecular weight is 252 g/mol. The lowest BCUT2D eigenvalue weighted by Gasteiger charge is -2.27. The van der Waals surface area contributed by atoms with E-state index in [1.54, 1.807) is 0 Å². The number of carbonyl (C=O) groups is 1. The van der Waals surface area contributed by atoms with Crippen molar-refractivity contribution in [2.75, 3.05) is 6.16 Å². The first-order valence-corrected chi connectivity index (χ1v) is 7.18. The van der Waals surface area contributed by atoms with Crippen LogP contribution in [0.2, 0.25) is 0 Å². The van der Waals surface area contributed by atoms with Crippen LogP contribution in [0.4, 0.5) is 0 Å². The van der Waals surface area contributed by atoms with Gasteiger partial charge in [0, 0.05) is 0 Å². The summed E-state index contributed by atoms with van der Waals surface area (Å²) >= 11 is 0. The first-order valence-electron chi connectivity index (χ1n) is 5.38. The van der Waals surface area contributed by atoms with Gasteiger partial charge in [-0.1, -0.05) is 13.8 Å². The predicted octanol–water partition coefficient (Wildman–Crippen LogP) is 1.92. The van der Waals surface area contributed by atoms with Crippen LogP contribution in [0.5, 0.6) is 0 Å². The Hall–Kier alpha value is -0.380. The summed E-state index contributed by atoms with van der Waals surface area (Å²) in [6.07, 6.45) is 0.883. The van der Waals surface area contributed by atoms with Crippen molar-refractivity contribution in [1.29, 1.82) is 0 Å². The lowest BCUT2D eigenvalue weighted by atomic mass is 10.0. The third-order valence-electron chi connectivity index (χ3n) is 2.28. The molecule has 0 radical (unpaired) electrons.